The average molecular weight is 336 g/mol. The number of rotatable bonds is 3. The molecular weight excluding hydrogens is 310 g/mol. The molecule has 0 spiro atoms. The van der Waals surface area contributed by atoms with Crippen LogP contribution in [0.1, 0.15) is 31.7 Å². The number of carbonyl (C=O) groups excluding carboxylic acids is 1. The molecule has 2 heterocycles. The zero-order valence-corrected chi connectivity index (χ0v) is 14.4. The predicted molar refractivity (Wildman–Crippen MR) is 96.8 cm³/mol. The summed E-state index contributed by atoms with van der Waals surface area (Å²) in [5.41, 5.74) is 8.43. The number of nitrogens with one attached hydrogen (secondary N) is 1. The first-order valence-electron chi connectivity index (χ1n) is 8.24. The normalized spacial score (nSPS) is 19.9. The number of halogens is 1. The van der Waals surface area contributed by atoms with Gasteiger partial charge >= 0.3 is 0 Å². The number of carbonyl (C=O) groups is 1. The van der Waals surface area contributed by atoms with Crippen molar-refractivity contribution in [3.05, 3.63) is 36.0 Å². The summed E-state index contributed by atoms with van der Waals surface area (Å²) < 4.78 is 0. The second kappa shape index (κ2) is 7.84. The van der Waals surface area contributed by atoms with Crippen LogP contribution in [0.2, 0.25) is 0 Å². The standard InChI is InChI=1S/C18H25N3O.ClH/c1-13-5-4-9-21(10-8-13)18(22)16(19)11-14-12-20-17-7-3-2-6-15(14)17;/h2-3,6-7,12-13,16,20H,4-5,8-11,19H2,1H3;1H/t13?,16-;/m0./s1. The van der Waals surface area contributed by atoms with E-state index in [0.29, 0.717) is 12.3 Å². The van der Waals surface area contributed by atoms with Crippen molar-refractivity contribution >= 4 is 29.2 Å². The van der Waals surface area contributed by atoms with Gasteiger partial charge in [-0.15, -0.1) is 12.4 Å². The third-order valence-corrected chi connectivity index (χ3v) is 4.76. The Balaban J connectivity index is 0.00000192. The smallest absolute Gasteiger partial charge is 0.239 e. The summed E-state index contributed by atoms with van der Waals surface area (Å²) in [5, 5.41) is 1.16. The lowest BCUT2D eigenvalue weighted by atomic mass is 10.0. The SMILES string of the molecule is CC1CCCN(C(=O)[C@@H](N)Cc2c[nH]c3ccccc23)CC1.Cl. The van der Waals surface area contributed by atoms with E-state index in [0.717, 1.165) is 42.4 Å². The largest absolute Gasteiger partial charge is 0.361 e. The van der Waals surface area contributed by atoms with E-state index in [1.807, 2.05) is 29.3 Å². The molecule has 0 saturated carbocycles. The number of benzene rings is 1. The van der Waals surface area contributed by atoms with Crippen LogP contribution in [0.25, 0.3) is 10.9 Å². The molecule has 126 valence electrons. The van der Waals surface area contributed by atoms with Crippen molar-refractivity contribution < 1.29 is 4.79 Å². The summed E-state index contributed by atoms with van der Waals surface area (Å²) in [4.78, 5) is 17.8. The van der Waals surface area contributed by atoms with E-state index in [9.17, 15) is 4.79 Å². The first-order chi connectivity index (χ1) is 10.6. The van der Waals surface area contributed by atoms with Gasteiger partial charge in [-0.1, -0.05) is 25.1 Å². The van der Waals surface area contributed by atoms with E-state index in [2.05, 4.69) is 18.0 Å². The van der Waals surface area contributed by atoms with Gasteiger partial charge in [-0.3, -0.25) is 4.79 Å². The van der Waals surface area contributed by atoms with Crippen LogP contribution < -0.4 is 5.73 Å². The molecule has 1 saturated heterocycles. The fourth-order valence-electron chi connectivity index (χ4n) is 3.34. The quantitative estimate of drug-likeness (QED) is 0.905. The van der Waals surface area contributed by atoms with Gasteiger partial charge < -0.3 is 15.6 Å². The Morgan fingerprint density at radius 1 is 1.35 bits per heavy atom. The van der Waals surface area contributed by atoms with Gasteiger partial charge in [0.2, 0.25) is 5.91 Å². The second-order valence-electron chi connectivity index (χ2n) is 6.53. The van der Waals surface area contributed by atoms with E-state index >= 15 is 0 Å². The number of likely N-dealkylation sites (tertiary alicyclic amines) is 1. The molecule has 0 aliphatic carbocycles. The summed E-state index contributed by atoms with van der Waals surface area (Å²) >= 11 is 0. The highest BCUT2D eigenvalue weighted by atomic mass is 35.5. The van der Waals surface area contributed by atoms with E-state index in [-0.39, 0.29) is 18.3 Å². The summed E-state index contributed by atoms with van der Waals surface area (Å²) in [6.07, 6.45) is 5.96. The number of hydrogen-bond acceptors (Lipinski definition) is 2. The van der Waals surface area contributed by atoms with Gasteiger partial charge in [0.15, 0.2) is 0 Å². The molecule has 5 heteroatoms. The van der Waals surface area contributed by atoms with Gasteiger partial charge in [-0.05, 0) is 43.2 Å². The molecule has 2 atom stereocenters. The minimum Gasteiger partial charge on any atom is -0.361 e. The Kier molecular flexibility index (Phi) is 6.08. The van der Waals surface area contributed by atoms with Gasteiger partial charge in [0.05, 0.1) is 6.04 Å². The number of nitrogens with zero attached hydrogens (tertiary/aromatic N) is 1. The maximum Gasteiger partial charge on any atom is 0.239 e. The molecule has 1 aliphatic rings. The highest BCUT2D eigenvalue weighted by molar-refractivity contribution is 5.86. The number of fused-ring (bicyclic) bond motifs is 1. The van der Waals surface area contributed by atoms with E-state index in [1.165, 1.54) is 6.42 Å². The predicted octanol–water partition coefficient (Wildman–Crippen LogP) is 3.11. The van der Waals surface area contributed by atoms with Crippen LogP contribution in [0.3, 0.4) is 0 Å². The van der Waals surface area contributed by atoms with Crippen molar-refractivity contribution in [2.75, 3.05) is 13.1 Å². The highest BCUT2D eigenvalue weighted by Gasteiger charge is 2.24. The van der Waals surface area contributed by atoms with Gasteiger partial charge in [0.25, 0.3) is 0 Å². The van der Waals surface area contributed by atoms with Crippen molar-refractivity contribution in [1.82, 2.24) is 9.88 Å². The molecule has 3 rings (SSSR count). The molecule has 2 aromatic rings. The number of hydrogen-bond donors (Lipinski definition) is 2. The maximum absolute atomic E-state index is 12.6. The number of amides is 1. The topological polar surface area (TPSA) is 62.1 Å². The highest BCUT2D eigenvalue weighted by Crippen LogP contribution is 2.20. The lowest BCUT2D eigenvalue weighted by Crippen LogP contribution is -2.45. The molecule has 4 nitrogen and oxygen atoms in total. The molecule has 1 aromatic carbocycles. The zero-order valence-electron chi connectivity index (χ0n) is 13.6. The first kappa shape index (κ1) is 17.8. The molecule has 1 aromatic heterocycles. The van der Waals surface area contributed by atoms with Crippen molar-refractivity contribution in [1.29, 1.82) is 0 Å². The first-order valence-corrected chi connectivity index (χ1v) is 8.24. The Bertz CT molecular complexity index is 655. The Morgan fingerprint density at radius 2 is 2.13 bits per heavy atom. The fraction of sp³-hybridized carbons (Fsp3) is 0.500. The van der Waals surface area contributed by atoms with Crippen LogP contribution in [0.5, 0.6) is 0 Å². The van der Waals surface area contributed by atoms with Gasteiger partial charge in [0, 0.05) is 30.2 Å². The minimum absolute atomic E-state index is 0. The molecule has 1 amide bonds. The number of para-hydroxylation sites is 1. The molecule has 3 N–H and O–H groups in total. The molecule has 1 fully saturated rings. The molecular formula is C18H26ClN3O. The summed E-state index contributed by atoms with van der Waals surface area (Å²) in [6.45, 7) is 3.96. The number of aromatic nitrogens is 1. The Labute approximate surface area is 143 Å². The van der Waals surface area contributed by atoms with Crippen molar-refractivity contribution in [2.24, 2.45) is 11.7 Å². The van der Waals surface area contributed by atoms with Crippen LogP contribution in [-0.2, 0) is 11.2 Å². The van der Waals surface area contributed by atoms with Gasteiger partial charge in [-0.2, -0.15) is 0 Å². The number of aromatic amines is 1. The average Bonchev–Trinajstić information content (AvgIpc) is 2.80. The van der Waals surface area contributed by atoms with Crippen LogP contribution in [-0.4, -0.2) is 34.9 Å². The van der Waals surface area contributed by atoms with Crippen LogP contribution >= 0.6 is 12.4 Å². The summed E-state index contributed by atoms with van der Waals surface area (Å²) in [7, 11) is 0. The molecule has 23 heavy (non-hydrogen) atoms. The molecule has 1 unspecified atom stereocenters. The molecule has 0 bridgehead atoms. The summed E-state index contributed by atoms with van der Waals surface area (Å²) in [5.74, 6) is 0.807. The lowest BCUT2D eigenvalue weighted by molar-refractivity contribution is -0.132. The third-order valence-electron chi connectivity index (χ3n) is 4.76. The van der Waals surface area contributed by atoms with Crippen LogP contribution in [0.15, 0.2) is 30.5 Å². The minimum atomic E-state index is -0.451. The van der Waals surface area contributed by atoms with Gasteiger partial charge in [0.1, 0.15) is 0 Å². The van der Waals surface area contributed by atoms with E-state index in [4.69, 9.17) is 5.73 Å². The third kappa shape index (κ3) is 4.06. The van der Waals surface area contributed by atoms with Crippen molar-refractivity contribution in [3.63, 3.8) is 0 Å². The number of nitrogens with two attached hydrogens (primary N) is 1. The summed E-state index contributed by atoms with van der Waals surface area (Å²) in [6, 6.07) is 7.69. The van der Waals surface area contributed by atoms with E-state index < -0.39 is 6.04 Å². The van der Waals surface area contributed by atoms with E-state index in [1.54, 1.807) is 0 Å². The second-order valence-corrected chi connectivity index (χ2v) is 6.53. The zero-order chi connectivity index (χ0) is 15.5. The maximum atomic E-state index is 12.6. The monoisotopic (exact) mass is 335 g/mol. The molecule has 1 aliphatic heterocycles. The Hall–Kier alpha value is -1.52. The van der Waals surface area contributed by atoms with Crippen LogP contribution in [0, 0.1) is 5.92 Å². The Morgan fingerprint density at radius 3 is 2.96 bits per heavy atom. The van der Waals surface area contributed by atoms with Gasteiger partial charge in [-0.25, -0.2) is 0 Å². The van der Waals surface area contributed by atoms with Crippen molar-refractivity contribution in [3.8, 4) is 0 Å². The number of H-pyrrole nitrogens is 1. The lowest BCUT2D eigenvalue weighted by Gasteiger charge is -2.24. The molecule has 0 radical (unpaired) electrons. The van der Waals surface area contributed by atoms with Crippen molar-refractivity contribution in [2.45, 2.75) is 38.6 Å². The fourth-order valence-corrected chi connectivity index (χ4v) is 3.34. The van der Waals surface area contributed by atoms with Crippen LogP contribution in [0.4, 0.5) is 0 Å².